The van der Waals surface area contributed by atoms with Gasteiger partial charge in [0, 0.05) is 43.2 Å². The third-order valence-corrected chi connectivity index (χ3v) is 5.26. The first-order valence-corrected chi connectivity index (χ1v) is 9.92. The third kappa shape index (κ3) is 3.56. The van der Waals surface area contributed by atoms with Gasteiger partial charge < -0.3 is 20.1 Å². The molecule has 1 fully saturated rings. The molecule has 3 heterocycles. The molecular formula is C21H28N6. The predicted octanol–water partition coefficient (Wildman–Crippen LogP) is 4.46. The van der Waals surface area contributed by atoms with Gasteiger partial charge in [0.2, 0.25) is 5.95 Å². The Morgan fingerprint density at radius 3 is 2.44 bits per heavy atom. The maximum absolute atomic E-state index is 4.85. The quantitative estimate of drug-likeness (QED) is 0.676. The van der Waals surface area contributed by atoms with Crippen molar-refractivity contribution < 1.29 is 0 Å². The van der Waals surface area contributed by atoms with Gasteiger partial charge in [-0.05, 0) is 63.9 Å². The second-order valence-corrected chi connectivity index (χ2v) is 7.13. The zero-order valence-corrected chi connectivity index (χ0v) is 16.4. The van der Waals surface area contributed by atoms with Crippen LogP contribution in [0.4, 0.5) is 23.1 Å². The van der Waals surface area contributed by atoms with Crippen molar-refractivity contribution in [1.29, 1.82) is 0 Å². The van der Waals surface area contributed by atoms with E-state index in [1.807, 2.05) is 0 Å². The standard InChI is InChI=1S/C21H28N6/c1-4-26(5-2)17-10-8-16(9-11-17)23-20-18-14-15(3)22-19(18)24-21(25-20)27-12-6-7-13-27/h8-11,14H,4-7,12-13H2,1-3H3,(H2,22,23,24,25). The Bertz CT molecular complexity index is 904. The minimum Gasteiger partial charge on any atom is -0.372 e. The molecule has 1 aliphatic heterocycles. The summed E-state index contributed by atoms with van der Waals surface area (Å²) in [4.78, 5) is 17.6. The summed E-state index contributed by atoms with van der Waals surface area (Å²) in [6.07, 6.45) is 2.42. The molecule has 0 spiro atoms. The smallest absolute Gasteiger partial charge is 0.229 e. The third-order valence-electron chi connectivity index (χ3n) is 5.26. The zero-order chi connectivity index (χ0) is 18.8. The fraction of sp³-hybridized carbons (Fsp3) is 0.429. The molecule has 0 amide bonds. The Kier molecular flexibility index (Phi) is 4.88. The molecule has 0 unspecified atom stereocenters. The van der Waals surface area contributed by atoms with Gasteiger partial charge in [-0.1, -0.05) is 0 Å². The van der Waals surface area contributed by atoms with Crippen molar-refractivity contribution in [2.24, 2.45) is 0 Å². The average molecular weight is 364 g/mol. The number of hydrogen-bond acceptors (Lipinski definition) is 5. The summed E-state index contributed by atoms with van der Waals surface area (Å²) in [6.45, 7) is 10.5. The highest BCUT2D eigenvalue weighted by molar-refractivity contribution is 5.90. The summed E-state index contributed by atoms with van der Waals surface area (Å²) in [5.41, 5.74) is 4.27. The van der Waals surface area contributed by atoms with Crippen molar-refractivity contribution in [3.8, 4) is 0 Å². The molecule has 4 rings (SSSR count). The normalized spacial score (nSPS) is 14.1. The molecular weight excluding hydrogens is 336 g/mol. The minimum absolute atomic E-state index is 0.809. The lowest BCUT2D eigenvalue weighted by Gasteiger charge is -2.21. The highest BCUT2D eigenvalue weighted by atomic mass is 15.3. The molecule has 1 aliphatic rings. The van der Waals surface area contributed by atoms with Crippen LogP contribution in [0.3, 0.4) is 0 Å². The first-order chi connectivity index (χ1) is 13.2. The monoisotopic (exact) mass is 364 g/mol. The van der Waals surface area contributed by atoms with E-state index in [-0.39, 0.29) is 0 Å². The molecule has 1 saturated heterocycles. The molecule has 6 heteroatoms. The Hall–Kier alpha value is -2.76. The fourth-order valence-corrected chi connectivity index (χ4v) is 3.76. The van der Waals surface area contributed by atoms with Gasteiger partial charge in [-0.2, -0.15) is 9.97 Å². The van der Waals surface area contributed by atoms with E-state index in [9.17, 15) is 0 Å². The van der Waals surface area contributed by atoms with Gasteiger partial charge in [0.15, 0.2) is 0 Å². The summed E-state index contributed by atoms with van der Waals surface area (Å²) in [5.74, 6) is 1.67. The lowest BCUT2D eigenvalue weighted by molar-refractivity contribution is 0.866. The van der Waals surface area contributed by atoms with Gasteiger partial charge >= 0.3 is 0 Å². The van der Waals surface area contributed by atoms with E-state index in [4.69, 9.17) is 9.97 Å². The van der Waals surface area contributed by atoms with E-state index in [0.717, 1.165) is 60.4 Å². The number of nitrogens with zero attached hydrogens (tertiary/aromatic N) is 4. The van der Waals surface area contributed by atoms with E-state index in [0.29, 0.717) is 0 Å². The first-order valence-electron chi connectivity index (χ1n) is 9.92. The van der Waals surface area contributed by atoms with Crippen molar-refractivity contribution in [2.45, 2.75) is 33.6 Å². The fourth-order valence-electron chi connectivity index (χ4n) is 3.76. The van der Waals surface area contributed by atoms with Crippen LogP contribution in [0.2, 0.25) is 0 Å². The molecule has 6 nitrogen and oxygen atoms in total. The molecule has 0 radical (unpaired) electrons. The van der Waals surface area contributed by atoms with Gasteiger partial charge in [0.05, 0.1) is 5.39 Å². The van der Waals surface area contributed by atoms with Crippen LogP contribution < -0.4 is 15.1 Å². The zero-order valence-electron chi connectivity index (χ0n) is 16.4. The summed E-state index contributed by atoms with van der Waals surface area (Å²) < 4.78 is 0. The lowest BCUT2D eigenvalue weighted by atomic mass is 10.2. The number of H-pyrrole nitrogens is 1. The van der Waals surface area contributed by atoms with Gasteiger partial charge in [-0.3, -0.25) is 0 Å². The molecule has 0 aliphatic carbocycles. The summed E-state index contributed by atoms with van der Waals surface area (Å²) in [5, 5.41) is 4.54. The molecule has 0 bridgehead atoms. The van der Waals surface area contributed by atoms with E-state index in [1.165, 1.54) is 18.5 Å². The summed E-state index contributed by atoms with van der Waals surface area (Å²) in [6, 6.07) is 10.7. The van der Waals surface area contributed by atoms with Gasteiger partial charge in [0.25, 0.3) is 0 Å². The van der Waals surface area contributed by atoms with Crippen molar-refractivity contribution in [3.05, 3.63) is 36.0 Å². The number of anilines is 4. The number of rotatable bonds is 6. The Labute approximate surface area is 160 Å². The van der Waals surface area contributed by atoms with E-state index >= 15 is 0 Å². The largest absolute Gasteiger partial charge is 0.372 e. The Morgan fingerprint density at radius 2 is 1.78 bits per heavy atom. The SMILES string of the molecule is CCN(CC)c1ccc(Nc2nc(N3CCCC3)nc3[nH]c(C)cc23)cc1. The number of aromatic nitrogens is 3. The number of benzene rings is 1. The molecule has 0 atom stereocenters. The Morgan fingerprint density at radius 1 is 1.07 bits per heavy atom. The molecule has 27 heavy (non-hydrogen) atoms. The van der Waals surface area contributed by atoms with Crippen LogP contribution in [-0.2, 0) is 0 Å². The van der Waals surface area contributed by atoms with Crippen LogP contribution in [0.5, 0.6) is 0 Å². The van der Waals surface area contributed by atoms with E-state index in [1.54, 1.807) is 0 Å². The van der Waals surface area contributed by atoms with Crippen molar-refractivity contribution in [3.63, 3.8) is 0 Å². The molecule has 1 aromatic carbocycles. The maximum atomic E-state index is 4.85. The highest BCUT2D eigenvalue weighted by Crippen LogP contribution is 2.29. The molecule has 142 valence electrons. The van der Waals surface area contributed by atoms with E-state index < -0.39 is 0 Å². The highest BCUT2D eigenvalue weighted by Gasteiger charge is 2.18. The van der Waals surface area contributed by atoms with Crippen LogP contribution in [0.1, 0.15) is 32.4 Å². The Balaban J connectivity index is 1.66. The van der Waals surface area contributed by atoms with Crippen LogP contribution in [-0.4, -0.2) is 41.1 Å². The lowest BCUT2D eigenvalue weighted by Crippen LogP contribution is -2.21. The number of nitrogens with one attached hydrogen (secondary N) is 2. The van der Waals surface area contributed by atoms with Crippen molar-refractivity contribution >= 4 is 34.2 Å². The molecule has 2 N–H and O–H groups in total. The topological polar surface area (TPSA) is 60.1 Å². The number of hydrogen-bond donors (Lipinski definition) is 2. The maximum Gasteiger partial charge on any atom is 0.229 e. The van der Waals surface area contributed by atoms with Crippen molar-refractivity contribution in [2.75, 3.05) is 41.3 Å². The average Bonchev–Trinajstić information content (AvgIpc) is 3.33. The van der Waals surface area contributed by atoms with Crippen LogP contribution in [0.25, 0.3) is 11.0 Å². The van der Waals surface area contributed by atoms with Gasteiger partial charge in [-0.15, -0.1) is 0 Å². The second kappa shape index (κ2) is 7.47. The first kappa shape index (κ1) is 17.6. The minimum atomic E-state index is 0.809. The van der Waals surface area contributed by atoms with Crippen LogP contribution in [0, 0.1) is 6.92 Å². The van der Waals surface area contributed by atoms with Gasteiger partial charge in [0.1, 0.15) is 11.5 Å². The van der Waals surface area contributed by atoms with Crippen LogP contribution >= 0.6 is 0 Å². The molecule has 3 aromatic rings. The molecule has 2 aromatic heterocycles. The number of aromatic amines is 1. The summed E-state index contributed by atoms with van der Waals surface area (Å²) >= 11 is 0. The van der Waals surface area contributed by atoms with E-state index in [2.05, 4.69) is 71.2 Å². The van der Waals surface area contributed by atoms with Gasteiger partial charge in [-0.25, -0.2) is 0 Å². The predicted molar refractivity (Wildman–Crippen MR) is 113 cm³/mol. The second-order valence-electron chi connectivity index (χ2n) is 7.13. The van der Waals surface area contributed by atoms with Crippen molar-refractivity contribution in [1.82, 2.24) is 15.0 Å². The van der Waals surface area contributed by atoms with Crippen LogP contribution in [0.15, 0.2) is 30.3 Å². The molecule has 0 saturated carbocycles. The summed E-state index contributed by atoms with van der Waals surface area (Å²) in [7, 11) is 0. The number of aryl methyl sites for hydroxylation is 1. The number of fused-ring (bicyclic) bond motifs is 1.